The van der Waals surface area contributed by atoms with Crippen LogP contribution < -0.4 is 5.32 Å². The first kappa shape index (κ1) is 33.4. The molecule has 36 heavy (non-hydrogen) atoms. The van der Waals surface area contributed by atoms with E-state index in [1.54, 1.807) is 31.0 Å². The van der Waals surface area contributed by atoms with Crippen molar-refractivity contribution >= 4 is 35.2 Å². The average molecular weight is 520 g/mol. The molecule has 0 saturated heterocycles. The van der Waals surface area contributed by atoms with Crippen LogP contribution >= 0.6 is 11.6 Å². The third-order valence-corrected chi connectivity index (χ3v) is 5.88. The lowest BCUT2D eigenvalue weighted by atomic mass is 9.89. The predicted octanol–water partition coefficient (Wildman–Crippen LogP) is 6.29. The summed E-state index contributed by atoms with van der Waals surface area (Å²) in [7, 11) is 7.08. The second-order valence-electron chi connectivity index (χ2n) is 8.28. The van der Waals surface area contributed by atoms with Gasteiger partial charge in [-0.3, -0.25) is 9.59 Å². The fourth-order valence-electron chi connectivity index (χ4n) is 3.76. The lowest BCUT2D eigenvalue weighted by molar-refractivity contribution is -0.130. The van der Waals surface area contributed by atoms with Crippen molar-refractivity contribution in [1.29, 1.82) is 0 Å². The molecule has 0 fully saturated rings. The number of ether oxygens (including phenoxy) is 1. The molecule has 0 saturated carbocycles. The quantitative estimate of drug-likeness (QED) is 0.307. The van der Waals surface area contributed by atoms with Crippen molar-refractivity contribution in [1.82, 2.24) is 9.80 Å². The van der Waals surface area contributed by atoms with E-state index < -0.39 is 0 Å². The van der Waals surface area contributed by atoms with E-state index in [0.29, 0.717) is 18.0 Å². The molecule has 1 aliphatic heterocycles. The highest BCUT2D eigenvalue weighted by Crippen LogP contribution is 2.34. The average Bonchev–Trinajstić information content (AvgIpc) is 2.91. The van der Waals surface area contributed by atoms with E-state index in [2.05, 4.69) is 22.2 Å². The van der Waals surface area contributed by atoms with Crippen molar-refractivity contribution in [2.45, 2.75) is 53.5 Å². The van der Waals surface area contributed by atoms with Gasteiger partial charge in [0.1, 0.15) is 0 Å². The maximum atomic E-state index is 12.4. The minimum absolute atomic E-state index is 0.0398. The number of hydrogen-bond acceptors (Lipinski definition) is 4. The number of anilines is 1. The Labute approximate surface area is 224 Å². The number of allylic oxidation sites excluding steroid dienone is 2. The fraction of sp³-hybridized carbons (Fsp3) is 0.517. The summed E-state index contributed by atoms with van der Waals surface area (Å²) in [5.74, 6) is -0.232. The van der Waals surface area contributed by atoms with Crippen LogP contribution in [0, 0.1) is 5.92 Å². The number of nitrogens with one attached hydrogen (secondary N) is 1. The standard InChI is InChI=1S/C24H32ClN3O2.C3H8O.C2H6/c1-6-7-8-19(13-17(2)24(30)27(4)5)23-14-18(11-12-28(23)16-29)21-15-20(25)9-10-22(21)26-3;1-3-4-2;1-2/h6-7,9-10,13-17,23,26H,8,11-12H2,1-5H3;3H2,1-2H3;1-2H3/b7-6-,19-13+;;. The third kappa shape index (κ3) is 10.6. The SMILES string of the molecule is C/C=C\C/C(=C\C(C)C(=O)N(C)C)C1C=C(c2cc(Cl)ccc2NC)CCN1C=O.CC.CCOC. The molecule has 1 heterocycles. The second kappa shape index (κ2) is 18.7. The van der Waals surface area contributed by atoms with Crippen LogP contribution in [0.1, 0.15) is 53.0 Å². The first-order valence-corrected chi connectivity index (χ1v) is 13.0. The van der Waals surface area contributed by atoms with Gasteiger partial charge in [-0.2, -0.15) is 0 Å². The highest BCUT2D eigenvalue weighted by molar-refractivity contribution is 6.30. The summed E-state index contributed by atoms with van der Waals surface area (Å²) in [5, 5.41) is 3.90. The summed E-state index contributed by atoms with van der Waals surface area (Å²) < 4.78 is 4.54. The molecular formula is C29H46ClN3O3. The van der Waals surface area contributed by atoms with Crippen LogP contribution in [0.15, 0.2) is 48.1 Å². The van der Waals surface area contributed by atoms with Crippen molar-refractivity contribution in [3.63, 3.8) is 0 Å². The van der Waals surface area contributed by atoms with Gasteiger partial charge in [0.05, 0.1) is 12.0 Å². The Morgan fingerprint density at radius 2 is 1.97 bits per heavy atom. The molecule has 0 bridgehead atoms. The number of halogens is 1. The molecule has 0 aromatic heterocycles. The first-order chi connectivity index (χ1) is 17.2. The van der Waals surface area contributed by atoms with Gasteiger partial charge in [-0.25, -0.2) is 0 Å². The lowest BCUT2D eigenvalue weighted by Crippen LogP contribution is -2.38. The maximum Gasteiger partial charge on any atom is 0.228 e. The van der Waals surface area contributed by atoms with Gasteiger partial charge in [0.25, 0.3) is 0 Å². The molecule has 2 atom stereocenters. The number of amides is 2. The molecule has 202 valence electrons. The number of benzene rings is 1. The minimum Gasteiger partial charge on any atom is -0.388 e. The molecule has 1 aromatic rings. The molecule has 2 rings (SSSR count). The molecule has 0 aliphatic carbocycles. The molecule has 7 heteroatoms. The molecule has 1 aromatic carbocycles. The Morgan fingerprint density at radius 1 is 1.33 bits per heavy atom. The number of carbonyl (C=O) groups is 2. The van der Waals surface area contributed by atoms with E-state index in [9.17, 15) is 9.59 Å². The Morgan fingerprint density at radius 3 is 2.47 bits per heavy atom. The minimum atomic E-state index is -0.272. The molecular weight excluding hydrogens is 474 g/mol. The van der Waals surface area contributed by atoms with Gasteiger partial charge in [-0.15, -0.1) is 0 Å². The van der Waals surface area contributed by atoms with Crippen LogP contribution in [0.4, 0.5) is 5.69 Å². The molecule has 1 N–H and O–H groups in total. The molecule has 2 unspecified atom stereocenters. The van der Waals surface area contributed by atoms with Crippen LogP contribution in [-0.4, -0.2) is 69.6 Å². The first-order valence-electron chi connectivity index (χ1n) is 12.6. The van der Waals surface area contributed by atoms with Gasteiger partial charge in [-0.05, 0) is 56.0 Å². The monoisotopic (exact) mass is 519 g/mol. The summed E-state index contributed by atoms with van der Waals surface area (Å²) in [6.07, 6.45) is 10.5. The van der Waals surface area contributed by atoms with Gasteiger partial charge >= 0.3 is 0 Å². The number of hydrogen-bond donors (Lipinski definition) is 1. The van der Waals surface area contributed by atoms with Crippen LogP contribution in [0.5, 0.6) is 0 Å². The Hall–Kier alpha value is -2.57. The zero-order valence-corrected chi connectivity index (χ0v) is 24.4. The van der Waals surface area contributed by atoms with Crippen LogP contribution in [-0.2, 0) is 14.3 Å². The van der Waals surface area contributed by atoms with Crippen LogP contribution in [0.3, 0.4) is 0 Å². The van der Waals surface area contributed by atoms with Crippen molar-refractivity contribution in [3.8, 4) is 0 Å². The zero-order chi connectivity index (χ0) is 27.7. The van der Waals surface area contributed by atoms with E-state index >= 15 is 0 Å². The Bertz CT molecular complexity index is 892. The largest absolute Gasteiger partial charge is 0.388 e. The number of rotatable bonds is 9. The second-order valence-corrected chi connectivity index (χ2v) is 8.72. The fourth-order valence-corrected chi connectivity index (χ4v) is 3.93. The third-order valence-electron chi connectivity index (χ3n) is 5.64. The smallest absolute Gasteiger partial charge is 0.228 e. The highest BCUT2D eigenvalue weighted by Gasteiger charge is 2.26. The molecule has 2 amide bonds. The molecule has 1 aliphatic rings. The molecule has 0 radical (unpaired) electrons. The van der Waals surface area contributed by atoms with Crippen molar-refractivity contribution < 1.29 is 14.3 Å². The van der Waals surface area contributed by atoms with Crippen LogP contribution in [0.25, 0.3) is 5.57 Å². The van der Waals surface area contributed by atoms with E-state index in [0.717, 1.165) is 41.8 Å². The summed E-state index contributed by atoms with van der Waals surface area (Å²) in [6, 6.07) is 5.58. The maximum absolute atomic E-state index is 12.4. The normalized spacial score (nSPS) is 16.2. The summed E-state index contributed by atoms with van der Waals surface area (Å²) in [6.45, 7) is 11.3. The van der Waals surface area contributed by atoms with Gasteiger partial charge < -0.3 is 19.9 Å². The van der Waals surface area contributed by atoms with E-state index in [4.69, 9.17) is 11.6 Å². The number of nitrogens with zero attached hydrogens (tertiary/aromatic N) is 2. The van der Waals surface area contributed by atoms with Gasteiger partial charge in [0, 0.05) is 57.7 Å². The van der Waals surface area contributed by atoms with Crippen molar-refractivity contribution in [2.75, 3.05) is 46.7 Å². The van der Waals surface area contributed by atoms with Crippen molar-refractivity contribution in [2.24, 2.45) is 5.92 Å². The molecule has 0 spiro atoms. The van der Waals surface area contributed by atoms with Gasteiger partial charge in [0.2, 0.25) is 12.3 Å². The lowest BCUT2D eigenvalue weighted by Gasteiger charge is -2.34. The topological polar surface area (TPSA) is 61.9 Å². The van der Waals surface area contributed by atoms with E-state index in [1.165, 1.54) is 0 Å². The zero-order valence-electron chi connectivity index (χ0n) is 23.6. The molecule has 6 nitrogen and oxygen atoms in total. The number of methoxy groups -OCH3 is 1. The van der Waals surface area contributed by atoms with E-state index in [1.807, 2.05) is 72.0 Å². The van der Waals surface area contributed by atoms with Gasteiger partial charge in [0.15, 0.2) is 0 Å². The summed E-state index contributed by atoms with van der Waals surface area (Å²) in [4.78, 5) is 27.7. The van der Waals surface area contributed by atoms with Crippen molar-refractivity contribution in [3.05, 3.63) is 58.7 Å². The number of carbonyl (C=O) groups excluding carboxylic acids is 2. The summed E-state index contributed by atoms with van der Waals surface area (Å²) in [5.41, 5.74) is 4.22. The highest BCUT2D eigenvalue weighted by atomic mass is 35.5. The van der Waals surface area contributed by atoms with Gasteiger partial charge in [-0.1, -0.05) is 56.7 Å². The van der Waals surface area contributed by atoms with Crippen LogP contribution in [0.2, 0.25) is 5.02 Å². The predicted molar refractivity (Wildman–Crippen MR) is 154 cm³/mol. The van der Waals surface area contributed by atoms with E-state index in [-0.39, 0.29) is 17.9 Å². The summed E-state index contributed by atoms with van der Waals surface area (Å²) >= 11 is 6.27. The Balaban J connectivity index is 0.00000185. The Kier molecular flexibility index (Phi) is 17.3.